The van der Waals surface area contributed by atoms with Crippen LogP contribution in [0.2, 0.25) is 0 Å². The molecular weight excluding hydrogens is 648 g/mol. The molecule has 4 aromatic carbocycles. The first-order valence-electron chi connectivity index (χ1n) is 12.4. The predicted molar refractivity (Wildman–Crippen MR) is 155 cm³/mol. The zero-order valence-electron chi connectivity index (χ0n) is 21.5. The molecule has 0 bridgehead atoms. The predicted octanol–water partition coefficient (Wildman–Crippen LogP) is 6.40. The van der Waals surface area contributed by atoms with Gasteiger partial charge in [-0.1, -0.05) is 60.7 Å². The zero-order chi connectivity index (χ0) is 28.8. The van der Waals surface area contributed by atoms with E-state index >= 15 is 0 Å². The molecule has 8 nitrogen and oxygen atoms in total. The molecular formula is C30H24Br2O8. The fraction of sp³-hybridized carbons (Fsp3) is 0.200. The first kappa shape index (κ1) is 29.2. The lowest BCUT2D eigenvalue weighted by Gasteiger charge is -2.24. The maximum Gasteiger partial charge on any atom is 0.352 e. The van der Waals surface area contributed by atoms with Gasteiger partial charge in [0, 0.05) is 8.95 Å². The topological polar surface area (TPSA) is 105 Å². The summed E-state index contributed by atoms with van der Waals surface area (Å²) >= 11 is 6.86. The minimum absolute atomic E-state index is 0.0771. The number of rotatable bonds is 9. The molecule has 0 unspecified atom stereocenters. The molecule has 40 heavy (non-hydrogen) atoms. The van der Waals surface area contributed by atoms with Crippen LogP contribution in [0.3, 0.4) is 0 Å². The molecule has 0 aliphatic heterocycles. The van der Waals surface area contributed by atoms with E-state index in [1.54, 1.807) is 26.0 Å². The van der Waals surface area contributed by atoms with Crippen molar-refractivity contribution >= 4 is 77.3 Å². The number of carbonyl (C=O) groups is 4. The van der Waals surface area contributed by atoms with E-state index in [1.165, 1.54) is 12.1 Å². The summed E-state index contributed by atoms with van der Waals surface area (Å²) in [6.07, 6.45) is -3.87. The summed E-state index contributed by atoms with van der Waals surface area (Å²) in [5.41, 5.74) is 0.193. The Morgan fingerprint density at radius 3 is 1.35 bits per heavy atom. The summed E-state index contributed by atoms with van der Waals surface area (Å²) in [4.78, 5) is 52.6. The third kappa shape index (κ3) is 6.18. The molecule has 0 aliphatic rings. The fourth-order valence-corrected chi connectivity index (χ4v) is 5.37. The van der Waals surface area contributed by atoms with E-state index < -0.39 is 36.1 Å². The molecule has 0 saturated carbocycles. The molecule has 4 aromatic rings. The Labute approximate surface area is 246 Å². The molecule has 0 N–H and O–H groups in total. The molecule has 0 amide bonds. The Bertz CT molecular complexity index is 1480. The Morgan fingerprint density at radius 1 is 0.600 bits per heavy atom. The molecule has 0 radical (unpaired) electrons. The van der Waals surface area contributed by atoms with Crippen LogP contribution in [0.4, 0.5) is 0 Å². The number of carbonyl (C=O) groups excluding carboxylic acids is 4. The monoisotopic (exact) mass is 670 g/mol. The van der Waals surface area contributed by atoms with E-state index in [0.29, 0.717) is 8.95 Å². The van der Waals surface area contributed by atoms with Crippen LogP contribution in [-0.2, 0) is 28.5 Å². The summed E-state index contributed by atoms with van der Waals surface area (Å²) in [6, 6.07) is 21.2. The normalized spacial score (nSPS) is 12.4. The van der Waals surface area contributed by atoms with Gasteiger partial charge in [-0.15, -0.1) is 0 Å². The minimum Gasteiger partial charge on any atom is -0.463 e. The maximum absolute atomic E-state index is 13.3. The minimum atomic E-state index is -1.94. The Kier molecular flexibility index (Phi) is 9.54. The summed E-state index contributed by atoms with van der Waals surface area (Å²) in [5.74, 6) is -4.02. The van der Waals surface area contributed by atoms with Crippen LogP contribution in [0.5, 0.6) is 0 Å². The van der Waals surface area contributed by atoms with E-state index in [-0.39, 0.29) is 24.3 Å². The second kappa shape index (κ2) is 13.1. The first-order chi connectivity index (χ1) is 19.3. The van der Waals surface area contributed by atoms with Crippen LogP contribution in [0.25, 0.3) is 21.5 Å². The second-order valence-electron chi connectivity index (χ2n) is 8.45. The van der Waals surface area contributed by atoms with Crippen molar-refractivity contribution in [2.45, 2.75) is 26.1 Å². The van der Waals surface area contributed by atoms with Crippen molar-refractivity contribution in [1.82, 2.24) is 0 Å². The van der Waals surface area contributed by atoms with Gasteiger partial charge in [0.25, 0.3) is 0 Å². The van der Waals surface area contributed by atoms with Crippen molar-refractivity contribution in [3.8, 4) is 0 Å². The van der Waals surface area contributed by atoms with Gasteiger partial charge in [0.2, 0.25) is 12.2 Å². The Balaban J connectivity index is 1.69. The SMILES string of the molecule is CCOC(=O)[C@H](OC(=O)c1ccc2ccccc2c1Br)[C@@H](OC(=O)c1ccc2ccccc2c1Br)C(=O)OCC. The molecule has 4 rings (SSSR count). The second-order valence-corrected chi connectivity index (χ2v) is 10.0. The smallest absolute Gasteiger partial charge is 0.352 e. The van der Waals surface area contributed by atoms with Crippen LogP contribution in [0.1, 0.15) is 34.6 Å². The number of hydrogen-bond donors (Lipinski definition) is 0. The third-order valence-electron chi connectivity index (χ3n) is 5.95. The lowest BCUT2D eigenvalue weighted by Crippen LogP contribution is -2.47. The summed E-state index contributed by atoms with van der Waals surface area (Å²) in [7, 11) is 0. The highest BCUT2D eigenvalue weighted by atomic mass is 79.9. The van der Waals surface area contributed by atoms with Gasteiger partial charge in [0.1, 0.15) is 0 Å². The van der Waals surface area contributed by atoms with Crippen molar-refractivity contribution in [2.24, 2.45) is 0 Å². The number of hydrogen-bond acceptors (Lipinski definition) is 8. The molecule has 10 heteroatoms. The van der Waals surface area contributed by atoms with E-state index in [2.05, 4.69) is 31.9 Å². The quantitative estimate of drug-likeness (QED) is 0.149. The highest BCUT2D eigenvalue weighted by Crippen LogP contribution is 2.30. The number of benzene rings is 4. The molecule has 206 valence electrons. The van der Waals surface area contributed by atoms with Gasteiger partial charge in [0.05, 0.1) is 24.3 Å². The highest BCUT2D eigenvalue weighted by Gasteiger charge is 2.43. The van der Waals surface area contributed by atoms with Crippen molar-refractivity contribution in [3.05, 3.63) is 92.9 Å². The molecule has 0 aliphatic carbocycles. The average Bonchev–Trinajstić information content (AvgIpc) is 2.95. The van der Waals surface area contributed by atoms with Gasteiger partial charge in [-0.3, -0.25) is 0 Å². The van der Waals surface area contributed by atoms with Gasteiger partial charge in [-0.05, 0) is 79.4 Å². The molecule has 0 fully saturated rings. The molecule has 0 aromatic heterocycles. The zero-order valence-corrected chi connectivity index (χ0v) is 24.7. The molecule has 0 saturated heterocycles. The molecule has 0 spiro atoms. The van der Waals surface area contributed by atoms with Gasteiger partial charge < -0.3 is 18.9 Å². The number of esters is 4. The van der Waals surface area contributed by atoms with Crippen LogP contribution in [0, 0.1) is 0 Å². The van der Waals surface area contributed by atoms with Crippen LogP contribution in [0.15, 0.2) is 81.7 Å². The van der Waals surface area contributed by atoms with Crippen molar-refractivity contribution < 1.29 is 38.1 Å². The van der Waals surface area contributed by atoms with Crippen LogP contribution in [-0.4, -0.2) is 49.3 Å². The van der Waals surface area contributed by atoms with Gasteiger partial charge in [0.15, 0.2) is 0 Å². The fourth-order valence-electron chi connectivity index (χ4n) is 4.06. The third-order valence-corrected chi connectivity index (χ3v) is 7.66. The first-order valence-corrected chi connectivity index (χ1v) is 13.9. The van der Waals surface area contributed by atoms with Crippen molar-refractivity contribution in [3.63, 3.8) is 0 Å². The number of fused-ring (bicyclic) bond motifs is 2. The van der Waals surface area contributed by atoms with E-state index in [9.17, 15) is 19.2 Å². The van der Waals surface area contributed by atoms with E-state index in [1.807, 2.05) is 48.5 Å². The molecule has 2 atom stereocenters. The van der Waals surface area contributed by atoms with Gasteiger partial charge >= 0.3 is 23.9 Å². The number of ether oxygens (including phenoxy) is 4. The maximum atomic E-state index is 13.3. The highest BCUT2D eigenvalue weighted by molar-refractivity contribution is 9.11. The Hall–Kier alpha value is -3.76. The van der Waals surface area contributed by atoms with Gasteiger partial charge in [-0.2, -0.15) is 0 Å². The summed E-state index contributed by atoms with van der Waals surface area (Å²) < 4.78 is 22.1. The van der Waals surface area contributed by atoms with E-state index in [0.717, 1.165) is 21.5 Å². The average molecular weight is 672 g/mol. The largest absolute Gasteiger partial charge is 0.463 e. The molecule has 0 heterocycles. The summed E-state index contributed by atoms with van der Waals surface area (Å²) in [6.45, 7) is 2.95. The lowest BCUT2D eigenvalue weighted by molar-refractivity contribution is -0.173. The van der Waals surface area contributed by atoms with E-state index in [4.69, 9.17) is 18.9 Å². The van der Waals surface area contributed by atoms with Crippen LogP contribution >= 0.6 is 31.9 Å². The van der Waals surface area contributed by atoms with Crippen molar-refractivity contribution in [2.75, 3.05) is 13.2 Å². The Morgan fingerprint density at radius 2 is 0.975 bits per heavy atom. The van der Waals surface area contributed by atoms with Crippen LogP contribution < -0.4 is 0 Å². The van der Waals surface area contributed by atoms with Gasteiger partial charge in [-0.25, -0.2) is 19.2 Å². The lowest BCUT2D eigenvalue weighted by atomic mass is 10.1. The number of halogens is 2. The van der Waals surface area contributed by atoms with Crippen molar-refractivity contribution in [1.29, 1.82) is 0 Å². The standard InChI is InChI=1S/C30H24Br2O8/c1-3-37-29(35)25(39-27(33)21-15-13-17-9-5-7-11-19(17)23(21)31)26(30(36)38-4-2)40-28(34)22-16-14-18-10-6-8-12-20(18)24(22)32/h5-16,25-26H,3-4H2,1-2H3/t25-,26-/m1/s1. The summed E-state index contributed by atoms with van der Waals surface area (Å²) in [5, 5.41) is 3.21.